The van der Waals surface area contributed by atoms with E-state index in [0.29, 0.717) is 18.7 Å². The van der Waals surface area contributed by atoms with Gasteiger partial charge in [0.05, 0.1) is 0 Å². The number of hydrogen-bond donors (Lipinski definition) is 0. The first-order chi connectivity index (χ1) is 15.2. The van der Waals surface area contributed by atoms with Gasteiger partial charge >= 0.3 is 6.36 Å². The van der Waals surface area contributed by atoms with E-state index in [2.05, 4.69) is 33.9 Å². The lowest BCUT2D eigenvalue weighted by atomic mass is 9.99. The number of ether oxygens (including phenoxy) is 1. The molecule has 3 aromatic rings. The van der Waals surface area contributed by atoms with Crippen molar-refractivity contribution in [3.05, 3.63) is 89.0 Å². The number of fused-ring (bicyclic) bond motifs is 1. The van der Waals surface area contributed by atoms with E-state index in [-0.39, 0.29) is 11.7 Å². The number of benzene rings is 3. The molecule has 0 atom stereocenters. The Labute approximate surface area is 184 Å². The summed E-state index contributed by atoms with van der Waals surface area (Å²) in [5, 5.41) is 0. The number of alkyl halides is 3. The van der Waals surface area contributed by atoms with Crippen molar-refractivity contribution in [1.29, 1.82) is 0 Å². The van der Waals surface area contributed by atoms with Crippen LogP contribution in [0.4, 0.5) is 13.2 Å². The Balaban J connectivity index is 1.46. The van der Waals surface area contributed by atoms with Crippen LogP contribution in [0.25, 0.3) is 11.1 Å². The van der Waals surface area contributed by atoms with E-state index in [1.807, 2.05) is 32.3 Å². The second kappa shape index (κ2) is 8.67. The molecule has 1 heterocycles. The molecule has 32 heavy (non-hydrogen) atoms. The molecule has 0 saturated heterocycles. The molecule has 0 aliphatic carbocycles. The number of nitrogens with zero attached hydrogens (tertiary/aromatic N) is 2. The van der Waals surface area contributed by atoms with Gasteiger partial charge in [-0.05, 0) is 66.2 Å². The fourth-order valence-corrected chi connectivity index (χ4v) is 3.87. The van der Waals surface area contributed by atoms with Gasteiger partial charge in [0.25, 0.3) is 5.91 Å². The predicted molar refractivity (Wildman–Crippen MR) is 116 cm³/mol. The van der Waals surface area contributed by atoms with Gasteiger partial charge < -0.3 is 14.5 Å². The van der Waals surface area contributed by atoms with Crippen LogP contribution in [0.3, 0.4) is 0 Å². The minimum Gasteiger partial charge on any atom is -0.406 e. The highest BCUT2D eigenvalue weighted by atomic mass is 19.4. The van der Waals surface area contributed by atoms with Crippen molar-refractivity contribution in [2.75, 3.05) is 14.1 Å². The molecule has 0 unspecified atom stereocenters. The molecule has 166 valence electrons. The Bertz CT molecular complexity index is 1110. The van der Waals surface area contributed by atoms with Crippen LogP contribution in [0.5, 0.6) is 5.75 Å². The van der Waals surface area contributed by atoms with Gasteiger partial charge in [0.1, 0.15) is 5.75 Å². The van der Waals surface area contributed by atoms with Crippen molar-refractivity contribution in [2.24, 2.45) is 0 Å². The van der Waals surface area contributed by atoms with Crippen LogP contribution in [0, 0.1) is 0 Å². The number of halogens is 3. The third-order valence-electron chi connectivity index (χ3n) is 5.30. The summed E-state index contributed by atoms with van der Waals surface area (Å²) < 4.78 is 40.9. The molecular weight excluding hydrogens is 417 g/mol. The van der Waals surface area contributed by atoms with Gasteiger partial charge in [0, 0.05) is 25.2 Å². The highest BCUT2D eigenvalue weighted by Crippen LogP contribution is 2.30. The maximum Gasteiger partial charge on any atom is 0.573 e. The van der Waals surface area contributed by atoms with E-state index >= 15 is 0 Å². The van der Waals surface area contributed by atoms with Crippen LogP contribution in [0.1, 0.15) is 27.0 Å². The normalized spacial score (nSPS) is 13.6. The lowest BCUT2D eigenvalue weighted by Crippen LogP contribution is -2.23. The zero-order chi connectivity index (χ0) is 22.9. The lowest BCUT2D eigenvalue weighted by Gasteiger charge is -2.16. The van der Waals surface area contributed by atoms with Crippen molar-refractivity contribution in [3.63, 3.8) is 0 Å². The van der Waals surface area contributed by atoms with E-state index in [1.54, 1.807) is 4.90 Å². The maximum absolute atomic E-state index is 12.8. The van der Waals surface area contributed by atoms with Gasteiger partial charge in [0.2, 0.25) is 0 Å². The summed E-state index contributed by atoms with van der Waals surface area (Å²) >= 11 is 0. The van der Waals surface area contributed by atoms with E-state index in [0.717, 1.165) is 28.8 Å². The fourth-order valence-electron chi connectivity index (χ4n) is 3.87. The Morgan fingerprint density at radius 3 is 2.16 bits per heavy atom. The molecule has 1 amide bonds. The molecule has 1 aliphatic rings. The van der Waals surface area contributed by atoms with Gasteiger partial charge in [-0.1, -0.05) is 42.5 Å². The topological polar surface area (TPSA) is 32.8 Å². The molecule has 7 heteroatoms. The molecule has 1 aliphatic heterocycles. The smallest absolute Gasteiger partial charge is 0.406 e. The average molecular weight is 440 g/mol. The summed E-state index contributed by atoms with van der Waals surface area (Å²) in [4.78, 5) is 16.6. The molecule has 0 bridgehead atoms. The number of rotatable bonds is 6. The molecule has 4 rings (SSSR count). The number of hydrogen-bond acceptors (Lipinski definition) is 3. The largest absolute Gasteiger partial charge is 0.573 e. The molecule has 0 spiro atoms. The minimum atomic E-state index is -4.72. The molecule has 0 N–H and O–H groups in total. The van der Waals surface area contributed by atoms with Crippen molar-refractivity contribution >= 4 is 5.91 Å². The maximum atomic E-state index is 12.8. The highest BCUT2D eigenvalue weighted by Gasteiger charge is 2.31. The standard InChI is InChI=1S/C25H23F3N2O2/c1-29(2)14-17-3-7-19(8-4-17)20-9-12-23-21(13-20)16-30(24(23)31)15-18-5-10-22(11-6-18)32-25(26,27)28/h3-13H,14-16H2,1-2H3. The van der Waals surface area contributed by atoms with Gasteiger partial charge in [-0.3, -0.25) is 4.79 Å². The monoisotopic (exact) mass is 440 g/mol. The molecule has 0 fully saturated rings. The summed E-state index contributed by atoms with van der Waals surface area (Å²) in [5.74, 6) is -0.359. The molecule has 0 radical (unpaired) electrons. The van der Waals surface area contributed by atoms with Gasteiger partial charge in [0.15, 0.2) is 0 Å². The van der Waals surface area contributed by atoms with Crippen LogP contribution in [-0.2, 0) is 19.6 Å². The average Bonchev–Trinajstić information content (AvgIpc) is 3.03. The summed E-state index contributed by atoms with van der Waals surface area (Å²) in [6.45, 7) is 1.65. The molecule has 4 nitrogen and oxygen atoms in total. The van der Waals surface area contributed by atoms with Crippen molar-refractivity contribution in [2.45, 2.75) is 26.0 Å². The quantitative estimate of drug-likeness (QED) is 0.510. The minimum absolute atomic E-state index is 0.0801. The van der Waals surface area contributed by atoms with Crippen LogP contribution in [0.2, 0.25) is 0 Å². The lowest BCUT2D eigenvalue weighted by molar-refractivity contribution is -0.274. The number of carbonyl (C=O) groups excluding carboxylic acids is 1. The Morgan fingerprint density at radius 2 is 1.53 bits per heavy atom. The zero-order valence-corrected chi connectivity index (χ0v) is 17.8. The summed E-state index contributed by atoms with van der Waals surface area (Å²) in [6.07, 6.45) is -4.72. The van der Waals surface area contributed by atoms with Crippen LogP contribution < -0.4 is 4.74 Å². The van der Waals surface area contributed by atoms with Gasteiger partial charge in [-0.15, -0.1) is 13.2 Å². The first kappa shape index (κ1) is 21.9. The van der Waals surface area contributed by atoms with E-state index < -0.39 is 6.36 Å². The molecule has 0 aromatic heterocycles. The molecule has 0 saturated carbocycles. The van der Waals surface area contributed by atoms with Gasteiger partial charge in [-0.25, -0.2) is 0 Å². The Kier molecular flexibility index (Phi) is 5.93. The van der Waals surface area contributed by atoms with Crippen molar-refractivity contribution < 1.29 is 22.7 Å². The summed E-state index contributed by atoms with van der Waals surface area (Å²) in [6, 6.07) is 19.8. The molecule has 3 aromatic carbocycles. The predicted octanol–water partition coefficient (Wildman–Crippen LogP) is 5.47. The zero-order valence-electron chi connectivity index (χ0n) is 17.8. The van der Waals surface area contributed by atoms with Crippen LogP contribution in [-0.4, -0.2) is 36.2 Å². The second-order valence-electron chi connectivity index (χ2n) is 8.16. The van der Waals surface area contributed by atoms with Crippen molar-refractivity contribution in [3.8, 4) is 16.9 Å². The number of amides is 1. The van der Waals surface area contributed by atoms with Crippen LogP contribution >= 0.6 is 0 Å². The Hall–Kier alpha value is -3.32. The fraction of sp³-hybridized carbons (Fsp3) is 0.240. The van der Waals surface area contributed by atoms with Crippen LogP contribution in [0.15, 0.2) is 66.7 Å². The Morgan fingerprint density at radius 1 is 0.906 bits per heavy atom. The molecular formula is C25H23F3N2O2. The van der Waals surface area contributed by atoms with E-state index in [9.17, 15) is 18.0 Å². The number of carbonyl (C=O) groups is 1. The third-order valence-corrected chi connectivity index (χ3v) is 5.30. The van der Waals surface area contributed by atoms with E-state index in [1.165, 1.54) is 29.8 Å². The van der Waals surface area contributed by atoms with E-state index in [4.69, 9.17) is 0 Å². The van der Waals surface area contributed by atoms with Gasteiger partial charge in [-0.2, -0.15) is 0 Å². The SMILES string of the molecule is CN(C)Cc1ccc(-c2ccc3c(c2)CN(Cc2ccc(OC(F)(F)F)cc2)C3=O)cc1. The highest BCUT2D eigenvalue weighted by molar-refractivity contribution is 5.99. The summed E-state index contributed by atoms with van der Waals surface area (Å²) in [5.41, 5.74) is 5.70. The third kappa shape index (κ3) is 5.11. The van der Waals surface area contributed by atoms with Crippen molar-refractivity contribution in [1.82, 2.24) is 9.80 Å². The second-order valence-corrected chi connectivity index (χ2v) is 8.16. The summed E-state index contributed by atoms with van der Waals surface area (Å²) in [7, 11) is 4.06. The first-order valence-electron chi connectivity index (χ1n) is 10.2. The first-order valence-corrected chi connectivity index (χ1v) is 10.2.